The van der Waals surface area contributed by atoms with Gasteiger partial charge in [-0.25, -0.2) is 0 Å². The van der Waals surface area contributed by atoms with Gasteiger partial charge < -0.3 is 10.2 Å². The van der Waals surface area contributed by atoms with Gasteiger partial charge in [0.1, 0.15) is 0 Å². The number of hydrogen-bond acceptors (Lipinski definition) is 6. The van der Waals surface area contributed by atoms with Gasteiger partial charge in [-0.1, -0.05) is 35.2 Å². The highest BCUT2D eigenvalue weighted by Crippen LogP contribution is 2.30. The van der Waals surface area contributed by atoms with E-state index >= 15 is 0 Å². The minimum absolute atomic E-state index is 0.0726. The van der Waals surface area contributed by atoms with Gasteiger partial charge in [0.2, 0.25) is 11.0 Å². The molecule has 1 aromatic heterocycles. The number of aryl methyl sites for hydroxylation is 1. The zero-order valence-electron chi connectivity index (χ0n) is 12.5. The molecule has 1 amide bonds. The van der Waals surface area contributed by atoms with Crippen LogP contribution < -0.4 is 5.32 Å². The van der Waals surface area contributed by atoms with Crippen molar-refractivity contribution in [2.45, 2.75) is 23.4 Å². The van der Waals surface area contributed by atoms with E-state index in [-0.39, 0.29) is 11.2 Å². The number of carbonyl (C=O) groups is 1. The number of anilines is 2. The molecule has 1 N–H and O–H groups in total. The van der Waals surface area contributed by atoms with Crippen LogP contribution in [-0.2, 0) is 4.79 Å². The van der Waals surface area contributed by atoms with Crippen LogP contribution in [0, 0.1) is 6.92 Å². The van der Waals surface area contributed by atoms with E-state index in [1.165, 1.54) is 28.7 Å². The Kier molecular flexibility index (Phi) is 5.19. The molecule has 2 aromatic rings. The standard InChI is InChI=1S/C14H18N4OS2/c1-9-6-5-7-11(8-9)15-13-16-17-14(21-13)20-10(2)12(19)18(3)4/h5-8,10H,1-4H3,(H,15,16)/t10-/m1/s1. The van der Waals surface area contributed by atoms with Crippen LogP contribution in [-0.4, -0.2) is 40.3 Å². The molecule has 0 bridgehead atoms. The molecular weight excluding hydrogens is 304 g/mol. The Bertz CT molecular complexity index is 627. The second-order valence-electron chi connectivity index (χ2n) is 4.86. The first kappa shape index (κ1) is 15.8. The maximum atomic E-state index is 11.8. The van der Waals surface area contributed by atoms with Gasteiger partial charge in [0.05, 0.1) is 5.25 Å². The van der Waals surface area contributed by atoms with E-state index in [9.17, 15) is 4.79 Å². The summed E-state index contributed by atoms with van der Waals surface area (Å²) in [6, 6.07) is 8.07. The van der Waals surface area contributed by atoms with E-state index in [0.717, 1.165) is 15.2 Å². The molecule has 7 heteroatoms. The lowest BCUT2D eigenvalue weighted by molar-refractivity contribution is -0.127. The molecular formula is C14H18N4OS2. The lowest BCUT2D eigenvalue weighted by atomic mass is 10.2. The van der Waals surface area contributed by atoms with Crippen molar-refractivity contribution in [1.29, 1.82) is 0 Å². The van der Waals surface area contributed by atoms with Crippen LogP contribution in [0.4, 0.5) is 10.8 Å². The smallest absolute Gasteiger partial charge is 0.235 e. The highest BCUT2D eigenvalue weighted by molar-refractivity contribution is 8.02. The summed E-state index contributed by atoms with van der Waals surface area (Å²) in [5.74, 6) is 0.0726. The van der Waals surface area contributed by atoms with Crippen LogP contribution in [0.2, 0.25) is 0 Å². The SMILES string of the molecule is Cc1cccc(Nc2nnc(S[C@H](C)C(=O)N(C)C)s2)c1. The monoisotopic (exact) mass is 322 g/mol. The number of carbonyl (C=O) groups excluding carboxylic acids is 1. The number of benzene rings is 1. The second kappa shape index (κ2) is 6.91. The van der Waals surface area contributed by atoms with Crippen LogP contribution in [0.1, 0.15) is 12.5 Å². The Morgan fingerprint density at radius 2 is 2.14 bits per heavy atom. The first-order chi connectivity index (χ1) is 9.95. The van der Waals surface area contributed by atoms with Gasteiger partial charge >= 0.3 is 0 Å². The molecule has 1 atom stereocenters. The highest BCUT2D eigenvalue weighted by Gasteiger charge is 2.18. The summed E-state index contributed by atoms with van der Waals surface area (Å²) < 4.78 is 0.785. The quantitative estimate of drug-likeness (QED) is 0.857. The molecule has 21 heavy (non-hydrogen) atoms. The van der Waals surface area contributed by atoms with Gasteiger partial charge in [-0.3, -0.25) is 4.79 Å². The molecule has 0 unspecified atom stereocenters. The van der Waals surface area contributed by atoms with Crippen molar-refractivity contribution in [2.75, 3.05) is 19.4 Å². The highest BCUT2D eigenvalue weighted by atomic mass is 32.2. The third-order valence-corrected chi connectivity index (χ3v) is 4.75. The predicted molar refractivity (Wildman–Crippen MR) is 88.4 cm³/mol. The van der Waals surface area contributed by atoms with Gasteiger partial charge in [-0.05, 0) is 31.5 Å². The van der Waals surface area contributed by atoms with Gasteiger partial charge in [0.15, 0.2) is 4.34 Å². The van der Waals surface area contributed by atoms with Gasteiger partial charge in [0, 0.05) is 19.8 Å². The zero-order chi connectivity index (χ0) is 15.4. The Balaban J connectivity index is 2.00. The van der Waals surface area contributed by atoms with Crippen molar-refractivity contribution in [3.05, 3.63) is 29.8 Å². The summed E-state index contributed by atoms with van der Waals surface area (Å²) in [7, 11) is 3.51. The third kappa shape index (κ3) is 4.44. The lowest BCUT2D eigenvalue weighted by Crippen LogP contribution is -2.29. The van der Waals surface area contributed by atoms with E-state index in [1.807, 2.05) is 38.1 Å². The molecule has 112 valence electrons. The summed E-state index contributed by atoms with van der Waals surface area (Å²) in [5, 5.41) is 12.0. The van der Waals surface area contributed by atoms with Gasteiger partial charge in [-0.2, -0.15) is 0 Å². The average molecular weight is 322 g/mol. The zero-order valence-corrected chi connectivity index (χ0v) is 14.1. The largest absolute Gasteiger partial charge is 0.348 e. The Morgan fingerprint density at radius 1 is 1.38 bits per heavy atom. The number of rotatable bonds is 5. The second-order valence-corrected chi connectivity index (χ2v) is 7.43. The maximum Gasteiger partial charge on any atom is 0.235 e. The van der Waals surface area contributed by atoms with E-state index < -0.39 is 0 Å². The molecule has 0 saturated carbocycles. The molecule has 2 rings (SSSR count). The molecule has 0 aliphatic rings. The Labute approximate surface area is 132 Å². The molecule has 0 aliphatic carbocycles. The fourth-order valence-electron chi connectivity index (χ4n) is 1.72. The molecule has 0 aliphatic heterocycles. The fourth-order valence-corrected chi connectivity index (χ4v) is 3.78. The van der Waals surface area contributed by atoms with E-state index in [2.05, 4.69) is 15.5 Å². The topological polar surface area (TPSA) is 58.1 Å². The third-order valence-electron chi connectivity index (χ3n) is 2.74. The number of hydrogen-bond donors (Lipinski definition) is 1. The normalized spacial score (nSPS) is 12.0. The van der Waals surface area contributed by atoms with Crippen molar-refractivity contribution in [3.8, 4) is 0 Å². The Morgan fingerprint density at radius 3 is 2.81 bits per heavy atom. The number of thioether (sulfide) groups is 1. The van der Waals surface area contributed by atoms with Gasteiger partial charge in [0.25, 0.3) is 0 Å². The van der Waals surface area contributed by atoms with Crippen LogP contribution in [0.5, 0.6) is 0 Å². The van der Waals surface area contributed by atoms with Crippen molar-refractivity contribution in [3.63, 3.8) is 0 Å². The molecule has 0 spiro atoms. The number of amides is 1. The molecule has 1 aromatic carbocycles. The number of nitrogens with zero attached hydrogens (tertiary/aromatic N) is 3. The minimum atomic E-state index is -0.167. The van der Waals surface area contributed by atoms with E-state index in [0.29, 0.717) is 0 Å². The van der Waals surface area contributed by atoms with E-state index in [4.69, 9.17) is 0 Å². The summed E-state index contributed by atoms with van der Waals surface area (Å²) in [6.07, 6.45) is 0. The summed E-state index contributed by atoms with van der Waals surface area (Å²) in [5.41, 5.74) is 2.17. The molecule has 0 radical (unpaired) electrons. The van der Waals surface area contributed by atoms with Crippen LogP contribution in [0.15, 0.2) is 28.6 Å². The molecule has 5 nitrogen and oxygen atoms in total. The predicted octanol–water partition coefficient (Wildman–Crippen LogP) is 3.16. The van der Waals surface area contributed by atoms with Crippen molar-refractivity contribution >= 4 is 39.8 Å². The van der Waals surface area contributed by atoms with Crippen molar-refractivity contribution < 1.29 is 4.79 Å². The average Bonchev–Trinajstić information content (AvgIpc) is 2.84. The van der Waals surface area contributed by atoms with Crippen LogP contribution >= 0.6 is 23.1 Å². The Hall–Kier alpha value is -1.60. The summed E-state index contributed by atoms with van der Waals surface area (Å²) >= 11 is 2.88. The molecule has 0 fully saturated rings. The summed E-state index contributed by atoms with van der Waals surface area (Å²) in [4.78, 5) is 13.4. The van der Waals surface area contributed by atoms with E-state index in [1.54, 1.807) is 19.0 Å². The lowest BCUT2D eigenvalue weighted by Gasteiger charge is -2.14. The van der Waals surface area contributed by atoms with Crippen LogP contribution in [0.3, 0.4) is 0 Å². The fraction of sp³-hybridized carbons (Fsp3) is 0.357. The first-order valence-electron chi connectivity index (χ1n) is 6.50. The summed E-state index contributed by atoms with van der Waals surface area (Å²) in [6.45, 7) is 3.92. The van der Waals surface area contributed by atoms with Crippen LogP contribution in [0.25, 0.3) is 0 Å². The number of nitrogens with one attached hydrogen (secondary N) is 1. The van der Waals surface area contributed by atoms with Crippen molar-refractivity contribution in [1.82, 2.24) is 15.1 Å². The maximum absolute atomic E-state index is 11.8. The molecule has 1 heterocycles. The minimum Gasteiger partial charge on any atom is -0.348 e. The van der Waals surface area contributed by atoms with Gasteiger partial charge in [-0.15, -0.1) is 10.2 Å². The first-order valence-corrected chi connectivity index (χ1v) is 8.20. The number of aromatic nitrogens is 2. The molecule has 0 saturated heterocycles. The van der Waals surface area contributed by atoms with Crippen molar-refractivity contribution in [2.24, 2.45) is 0 Å².